The van der Waals surface area contributed by atoms with E-state index < -0.39 is 21.9 Å². The molecule has 0 aliphatic carbocycles. The molecule has 9 heteroatoms. The monoisotopic (exact) mass is 347 g/mol. The van der Waals surface area contributed by atoms with Gasteiger partial charge in [0.1, 0.15) is 9.77 Å². The van der Waals surface area contributed by atoms with Crippen LogP contribution in [-0.2, 0) is 24.3 Å². The molecule has 1 unspecified atom stereocenters. The number of sulfonamides is 1. The molecule has 1 N–H and O–H groups in total. The third-order valence-electron chi connectivity index (χ3n) is 3.25. The fraction of sp³-hybridized carbons (Fsp3) is 0.538. The van der Waals surface area contributed by atoms with Crippen molar-refractivity contribution in [1.29, 1.82) is 0 Å². The summed E-state index contributed by atoms with van der Waals surface area (Å²) in [4.78, 5) is 23.0. The Bertz CT molecular complexity index is 645. The lowest BCUT2D eigenvalue weighted by Gasteiger charge is -2.10. The molecule has 22 heavy (non-hydrogen) atoms. The van der Waals surface area contributed by atoms with Crippen molar-refractivity contribution >= 4 is 33.2 Å². The molecule has 0 saturated carbocycles. The van der Waals surface area contributed by atoms with Gasteiger partial charge in [0, 0.05) is 13.0 Å². The first-order chi connectivity index (χ1) is 10.4. The molecule has 1 aliphatic rings. The second-order valence-corrected chi connectivity index (χ2v) is 7.37. The van der Waals surface area contributed by atoms with Crippen molar-refractivity contribution in [2.24, 2.45) is 0 Å². The number of methoxy groups -OCH3 is 1. The highest BCUT2D eigenvalue weighted by atomic mass is 32.2. The summed E-state index contributed by atoms with van der Waals surface area (Å²) in [5.74, 6) is -1.36. The van der Waals surface area contributed by atoms with E-state index in [1.807, 2.05) is 4.72 Å². The van der Waals surface area contributed by atoms with Crippen LogP contribution in [0.25, 0.3) is 0 Å². The van der Waals surface area contributed by atoms with Crippen LogP contribution in [-0.4, -0.2) is 40.1 Å². The fourth-order valence-corrected chi connectivity index (χ4v) is 4.52. The summed E-state index contributed by atoms with van der Waals surface area (Å²) in [5.41, 5.74) is 0. The van der Waals surface area contributed by atoms with Crippen LogP contribution in [0.3, 0.4) is 0 Å². The average Bonchev–Trinajstić information content (AvgIpc) is 3.14. The minimum atomic E-state index is -4.08. The number of esters is 1. The van der Waals surface area contributed by atoms with E-state index in [4.69, 9.17) is 4.74 Å². The first kappa shape index (κ1) is 16.9. The summed E-state index contributed by atoms with van der Waals surface area (Å²) < 4.78 is 36.2. The molecule has 0 radical (unpaired) electrons. The normalized spacial score (nSPS) is 18.1. The molecule has 0 aromatic carbocycles. The van der Waals surface area contributed by atoms with Crippen molar-refractivity contribution < 1.29 is 27.5 Å². The Morgan fingerprint density at radius 1 is 1.50 bits per heavy atom. The second-order valence-electron chi connectivity index (χ2n) is 4.81. The van der Waals surface area contributed by atoms with E-state index in [9.17, 15) is 18.0 Å². The highest BCUT2D eigenvalue weighted by Gasteiger charge is 2.26. The molecule has 2 heterocycles. The summed E-state index contributed by atoms with van der Waals surface area (Å²) in [7, 11) is -2.91. The van der Waals surface area contributed by atoms with Gasteiger partial charge in [0.2, 0.25) is 5.91 Å². The van der Waals surface area contributed by atoms with Crippen LogP contribution < -0.4 is 4.72 Å². The van der Waals surface area contributed by atoms with Gasteiger partial charge in [0.15, 0.2) is 0 Å². The number of hydrogen-bond acceptors (Lipinski definition) is 7. The lowest BCUT2D eigenvalue weighted by atomic mass is 10.1. The summed E-state index contributed by atoms with van der Waals surface area (Å²) in [6, 6.07) is 1.27. The van der Waals surface area contributed by atoms with E-state index in [1.54, 1.807) is 0 Å². The van der Waals surface area contributed by atoms with Crippen molar-refractivity contribution in [3.63, 3.8) is 0 Å². The van der Waals surface area contributed by atoms with Gasteiger partial charge < -0.3 is 9.47 Å². The zero-order valence-electron chi connectivity index (χ0n) is 12.0. The van der Waals surface area contributed by atoms with E-state index in [0.29, 0.717) is 13.0 Å². The average molecular weight is 347 g/mol. The van der Waals surface area contributed by atoms with Crippen LogP contribution in [0, 0.1) is 0 Å². The molecule has 1 fully saturated rings. The van der Waals surface area contributed by atoms with Gasteiger partial charge in [0.25, 0.3) is 10.0 Å². The lowest BCUT2D eigenvalue weighted by Crippen LogP contribution is -2.31. The topological polar surface area (TPSA) is 98.8 Å². The standard InChI is InChI=1S/C13H17NO6S2/c1-19-13(16)12-10(6-8-21-12)22(17,18)14-11(15)5-4-9-3-2-7-20-9/h6,8-9H,2-5,7H2,1H3,(H,14,15). The second kappa shape index (κ2) is 7.21. The third kappa shape index (κ3) is 4.05. The maximum atomic E-state index is 12.2. The molecule has 7 nitrogen and oxygen atoms in total. The predicted molar refractivity (Wildman–Crippen MR) is 79.2 cm³/mol. The number of amides is 1. The number of thiophene rings is 1. The molecule has 1 aromatic rings. The number of carbonyl (C=O) groups is 2. The van der Waals surface area contributed by atoms with Crippen molar-refractivity contribution in [2.45, 2.75) is 36.7 Å². The number of hydrogen-bond donors (Lipinski definition) is 1. The first-order valence-electron chi connectivity index (χ1n) is 6.77. The van der Waals surface area contributed by atoms with Crippen LogP contribution >= 0.6 is 11.3 Å². The van der Waals surface area contributed by atoms with Gasteiger partial charge in [-0.05, 0) is 30.7 Å². The minimum absolute atomic E-state index is 0.0141. The van der Waals surface area contributed by atoms with Crippen molar-refractivity contribution in [1.82, 2.24) is 4.72 Å². The molecule has 122 valence electrons. The largest absolute Gasteiger partial charge is 0.465 e. The number of ether oxygens (including phenoxy) is 2. The highest BCUT2D eigenvalue weighted by Crippen LogP contribution is 2.23. The Balaban J connectivity index is 1.99. The zero-order chi connectivity index (χ0) is 16.2. The van der Waals surface area contributed by atoms with Gasteiger partial charge in [-0.2, -0.15) is 0 Å². The Morgan fingerprint density at radius 2 is 2.27 bits per heavy atom. The molecular weight excluding hydrogens is 330 g/mol. The van der Waals surface area contributed by atoms with Crippen molar-refractivity contribution in [3.8, 4) is 0 Å². The van der Waals surface area contributed by atoms with E-state index in [1.165, 1.54) is 18.6 Å². The molecule has 1 amide bonds. The molecule has 1 aromatic heterocycles. The fourth-order valence-electron chi connectivity index (χ4n) is 2.17. The van der Waals surface area contributed by atoms with E-state index >= 15 is 0 Å². The Kier molecular flexibility index (Phi) is 5.54. The number of carbonyl (C=O) groups excluding carboxylic acids is 2. The zero-order valence-corrected chi connectivity index (χ0v) is 13.7. The van der Waals surface area contributed by atoms with Gasteiger partial charge >= 0.3 is 5.97 Å². The van der Waals surface area contributed by atoms with Crippen LogP contribution in [0.2, 0.25) is 0 Å². The lowest BCUT2D eigenvalue weighted by molar-refractivity contribution is -0.119. The molecular formula is C13H17NO6S2. The summed E-state index contributed by atoms with van der Waals surface area (Å²) in [5, 5.41) is 1.46. The maximum Gasteiger partial charge on any atom is 0.349 e. The van der Waals surface area contributed by atoms with Crippen LogP contribution in [0.1, 0.15) is 35.4 Å². The first-order valence-corrected chi connectivity index (χ1v) is 9.13. The number of nitrogens with one attached hydrogen (secondary N) is 1. The quantitative estimate of drug-likeness (QED) is 0.779. The van der Waals surface area contributed by atoms with Crippen LogP contribution in [0.5, 0.6) is 0 Å². The minimum Gasteiger partial charge on any atom is -0.465 e. The maximum absolute atomic E-state index is 12.2. The highest BCUT2D eigenvalue weighted by molar-refractivity contribution is 7.90. The predicted octanol–water partition coefficient (Wildman–Crippen LogP) is 1.30. The molecule has 1 aliphatic heterocycles. The molecule has 0 bridgehead atoms. The third-order valence-corrected chi connectivity index (χ3v) is 5.69. The molecule has 0 spiro atoms. The summed E-state index contributed by atoms with van der Waals surface area (Å²) in [6.45, 7) is 0.683. The molecule has 2 rings (SSSR count). The Morgan fingerprint density at radius 3 is 2.91 bits per heavy atom. The number of rotatable bonds is 6. The summed E-state index contributed by atoms with van der Waals surface area (Å²) in [6.07, 6.45) is 2.40. The van der Waals surface area contributed by atoms with E-state index in [-0.39, 0.29) is 22.3 Å². The van der Waals surface area contributed by atoms with Crippen LogP contribution in [0.15, 0.2) is 16.3 Å². The van der Waals surface area contributed by atoms with Gasteiger partial charge in [-0.25, -0.2) is 17.9 Å². The Labute approximate surface area is 132 Å². The molecule has 1 saturated heterocycles. The van der Waals surface area contributed by atoms with E-state index in [2.05, 4.69) is 4.74 Å². The van der Waals surface area contributed by atoms with Crippen molar-refractivity contribution in [2.75, 3.05) is 13.7 Å². The summed E-state index contributed by atoms with van der Waals surface area (Å²) >= 11 is 0.945. The molecule has 1 atom stereocenters. The SMILES string of the molecule is COC(=O)c1sccc1S(=O)(=O)NC(=O)CCC1CCCO1. The smallest absolute Gasteiger partial charge is 0.349 e. The van der Waals surface area contributed by atoms with Gasteiger partial charge in [-0.1, -0.05) is 0 Å². The Hall–Kier alpha value is -1.45. The van der Waals surface area contributed by atoms with Crippen LogP contribution in [0.4, 0.5) is 0 Å². The van der Waals surface area contributed by atoms with E-state index in [0.717, 1.165) is 24.2 Å². The van der Waals surface area contributed by atoms with Gasteiger partial charge in [0.05, 0.1) is 13.2 Å². The van der Waals surface area contributed by atoms with Gasteiger partial charge in [-0.15, -0.1) is 11.3 Å². The van der Waals surface area contributed by atoms with Crippen molar-refractivity contribution in [3.05, 3.63) is 16.3 Å². The van der Waals surface area contributed by atoms with Gasteiger partial charge in [-0.3, -0.25) is 4.79 Å².